The van der Waals surface area contributed by atoms with E-state index in [0.717, 1.165) is 31.1 Å². The quantitative estimate of drug-likeness (QED) is 0.726. The number of rotatable bonds is 3. The van der Waals surface area contributed by atoms with Crippen LogP contribution < -0.4 is 0 Å². The average Bonchev–Trinajstić information content (AvgIpc) is 2.84. The molecule has 4 rings (SSSR count). The third-order valence-electron chi connectivity index (χ3n) is 9.10. The van der Waals surface area contributed by atoms with Gasteiger partial charge in [0.05, 0.1) is 5.60 Å². The highest BCUT2D eigenvalue weighted by atomic mass is 16.3. The van der Waals surface area contributed by atoms with E-state index in [4.69, 9.17) is 0 Å². The fourth-order valence-corrected chi connectivity index (χ4v) is 7.65. The predicted molar refractivity (Wildman–Crippen MR) is 97.6 cm³/mol. The zero-order valence-corrected chi connectivity index (χ0v) is 15.7. The largest absolute Gasteiger partial charge is 0.396 e. The second-order valence-electron chi connectivity index (χ2n) is 9.81. The minimum atomic E-state index is -0.533. The summed E-state index contributed by atoms with van der Waals surface area (Å²) in [7, 11) is 0. The van der Waals surface area contributed by atoms with E-state index in [1.807, 2.05) is 0 Å². The SMILES string of the molecule is C[C@]12CCCC=C1CC[C@@H]1[C@@H]2CC[C@@]2(C)[C@H]1CC[C@@]2(O)CCCO. The highest BCUT2D eigenvalue weighted by Gasteiger charge is 2.63. The number of hydrogen-bond acceptors (Lipinski definition) is 2. The van der Waals surface area contributed by atoms with Crippen LogP contribution in [0, 0.1) is 28.6 Å². The summed E-state index contributed by atoms with van der Waals surface area (Å²) < 4.78 is 0. The molecule has 0 bridgehead atoms. The van der Waals surface area contributed by atoms with Crippen molar-refractivity contribution in [2.24, 2.45) is 28.6 Å². The van der Waals surface area contributed by atoms with Gasteiger partial charge >= 0.3 is 0 Å². The highest BCUT2D eigenvalue weighted by Crippen LogP contribution is 2.68. The molecule has 0 aromatic rings. The molecule has 3 saturated carbocycles. The summed E-state index contributed by atoms with van der Waals surface area (Å²) >= 11 is 0. The first-order chi connectivity index (χ1) is 11.4. The summed E-state index contributed by atoms with van der Waals surface area (Å²) in [5, 5.41) is 20.7. The third kappa shape index (κ3) is 2.21. The van der Waals surface area contributed by atoms with Crippen LogP contribution in [-0.4, -0.2) is 22.4 Å². The van der Waals surface area contributed by atoms with E-state index in [2.05, 4.69) is 19.9 Å². The van der Waals surface area contributed by atoms with E-state index in [9.17, 15) is 10.2 Å². The van der Waals surface area contributed by atoms with Crippen LogP contribution in [0.5, 0.6) is 0 Å². The second kappa shape index (κ2) is 5.84. The number of aliphatic hydroxyl groups excluding tert-OH is 1. The van der Waals surface area contributed by atoms with Crippen molar-refractivity contribution in [1.29, 1.82) is 0 Å². The van der Waals surface area contributed by atoms with Gasteiger partial charge in [-0.3, -0.25) is 0 Å². The van der Waals surface area contributed by atoms with Gasteiger partial charge < -0.3 is 10.2 Å². The van der Waals surface area contributed by atoms with Crippen molar-refractivity contribution >= 4 is 0 Å². The van der Waals surface area contributed by atoms with Gasteiger partial charge in [0.15, 0.2) is 0 Å². The molecule has 0 radical (unpaired) electrons. The molecule has 0 amide bonds. The fourth-order valence-electron chi connectivity index (χ4n) is 7.65. The molecular formula is C22H36O2. The Morgan fingerprint density at radius 1 is 1.08 bits per heavy atom. The predicted octanol–water partition coefficient (Wildman–Crippen LogP) is 4.84. The molecule has 0 heterocycles. The summed E-state index contributed by atoms with van der Waals surface area (Å²) in [6, 6.07) is 0. The first-order valence-electron chi connectivity index (χ1n) is 10.5. The van der Waals surface area contributed by atoms with Crippen LogP contribution in [0.15, 0.2) is 11.6 Å². The summed E-state index contributed by atoms with van der Waals surface area (Å²) in [6.07, 6.45) is 15.4. The molecule has 2 N–H and O–H groups in total. The Kier molecular flexibility index (Phi) is 4.16. The van der Waals surface area contributed by atoms with Crippen LogP contribution >= 0.6 is 0 Å². The molecule has 24 heavy (non-hydrogen) atoms. The maximum absolute atomic E-state index is 11.4. The molecule has 0 aromatic heterocycles. The third-order valence-corrected chi connectivity index (χ3v) is 9.10. The van der Waals surface area contributed by atoms with Gasteiger partial charge in [0.1, 0.15) is 0 Å². The molecule has 4 aliphatic carbocycles. The van der Waals surface area contributed by atoms with Crippen molar-refractivity contribution in [1.82, 2.24) is 0 Å². The minimum Gasteiger partial charge on any atom is -0.396 e. The first kappa shape index (κ1) is 17.1. The van der Waals surface area contributed by atoms with Crippen LogP contribution in [0.2, 0.25) is 0 Å². The maximum atomic E-state index is 11.4. The molecule has 6 atom stereocenters. The van der Waals surface area contributed by atoms with Crippen LogP contribution in [0.1, 0.15) is 84.5 Å². The van der Waals surface area contributed by atoms with Crippen LogP contribution in [0.3, 0.4) is 0 Å². The highest BCUT2D eigenvalue weighted by molar-refractivity contribution is 5.24. The molecule has 4 aliphatic rings. The molecule has 0 aliphatic heterocycles. The monoisotopic (exact) mass is 332 g/mol. The minimum absolute atomic E-state index is 0.0789. The van der Waals surface area contributed by atoms with Crippen molar-refractivity contribution in [2.75, 3.05) is 6.61 Å². The standard InChI is InChI=1S/C22H36O2/c1-20-11-4-3-6-16(20)7-8-17-18(20)9-13-21(2)19(17)10-14-22(21,24)12-5-15-23/h6,17-19,23-24H,3-5,7-15H2,1-2H3/t17-,18+,19+,20+,21+,22+/m1/s1. The second-order valence-corrected chi connectivity index (χ2v) is 9.81. The zero-order valence-electron chi connectivity index (χ0n) is 15.7. The first-order valence-corrected chi connectivity index (χ1v) is 10.5. The number of hydrogen-bond donors (Lipinski definition) is 2. The van der Waals surface area contributed by atoms with E-state index < -0.39 is 5.60 Å². The Hall–Kier alpha value is -0.340. The Morgan fingerprint density at radius 3 is 2.67 bits per heavy atom. The van der Waals surface area contributed by atoms with E-state index >= 15 is 0 Å². The normalized spacial score (nSPS) is 50.7. The Morgan fingerprint density at radius 2 is 1.88 bits per heavy atom. The van der Waals surface area contributed by atoms with Gasteiger partial charge in [-0.15, -0.1) is 0 Å². The number of aliphatic hydroxyl groups is 2. The Bertz CT molecular complexity index is 526. The van der Waals surface area contributed by atoms with Gasteiger partial charge in [-0.1, -0.05) is 25.5 Å². The molecule has 0 unspecified atom stereocenters. The van der Waals surface area contributed by atoms with Gasteiger partial charge in [0.2, 0.25) is 0 Å². The van der Waals surface area contributed by atoms with Crippen LogP contribution in [-0.2, 0) is 0 Å². The van der Waals surface area contributed by atoms with Gasteiger partial charge in [-0.05, 0) is 99.2 Å². The van der Waals surface area contributed by atoms with Crippen molar-refractivity contribution < 1.29 is 10.2 Å². The van der Waals surface area contributed by atoms with E-state index in [1.54, 1.807) is 5.57 Å². The fraction of sp³-hybridized carbons (Fsp3) is 0.909. The van der Waals surface area contributed by atoms with Crippen molar-refractivity contribution in [3.63, 3.8) is 0 Å². The smallest absolute Gasteiger partial charge is 0.0704 e. The zero-order chi connectivity index (χ0) is 17.0. The van der Waals surface area contributed by atoms with Crippen LogP contribution in [0.4, 0.5) is 0 Å². The number of fused-ring (bicyclic) bond motifs is 5. The molecule has 0 aromatic carbocycles. The molecule has 2 heteroatoms. The van der Waals surface area contributed by atoms with Crippen molar-refractivity contribution in [2.45, 2.75) is 90.1 Å². The molecule has 3 fully saturated rings. The van der Waals surface area contributed by atoms with E-state index in [0.29, 0.717) is 11.3 Å². The molecule has 0 spiro atoms. The maximum Gasteiger partial charge on any atom is 0.0704 e. The lowest BCUT2D eigenvalue weighted by Crippen LogP contribution is -2.54. The summed E-state index contributed by atoms with van der Waals surface area (Å²) in [5.74, 6) is 2.35. The Labute approximate surface area is 147 Å². The van der Waals surface area contributed by atoms with Gasteiger partial charge in [0.25, 0.3) is 0 Å². The summed E-state index contributed by atoms with van der Waals surface area (Å²) in [6.45, 7) is 5.15. The molecular weight excluding hydrogens is 296 g/mol. The van der Waals surface area contributed by atoms with Crippen LogP contribution in [0.25, 0.3) is 0 Å². The summed E-state index contributed by atoms with van der Waals surface area (Å²) in [5.41, 5.74) is 1.77. The van der Waals surface area contributed by atoms with Gasteiger partial charge in [0, 0.05) is 6.61 Å². The lowest BCUT2D eigenvalue weighted by Gasteiger charge is -2.59. The van der Waals surface area contributed by atoms with E-state index in [-0.39, 0.29) is 12.0 Å². The topological polar surface area (TPSA) is 40.5 Å². The number of allylic oxidation sites excluding steroid dienone is 2. The van der Waals surface area contributed by atoms with Gasteiger partial charge in [-0.2, -0.15) is 0 Å². The molecule has 0 saturated heterocycles. The molecule has 136 valence electrons. The summed E-state index contributed by atoms with van der Waals surface area (Å²) in [4.78, 5) is 0. The van der Waals surface area contributed by atoms with Crippen molar-refractivity contribution in [3.05, 3.63) is 11.6 Å². The molecule has 2 nitrogen and oxygen atoms in total. The Balaban J connectivity index is 1.62. The lowest BCUT2D eigenvalue weighted by atomic mass is 9.46. The van der Waals surface area contributed by atoms with Crippen molar-refractivity contribution in [3.8, 4) is 0 Å². The lowest BCUT2D eigenvalue weighted by molar-refractivity contribution is -0.131. The average molecular weight is 333 g/mol. The van der Waals surface area contributed by atoms with Gasteiger partial charge in [-0.25, -0.2) is 0 Å². The van der Waals surface area contributed by atoms with E-state index in [1.165, 1.54) is 51.4 Å².